The van der Waals surface area contributed by atoms with E-state index in [1.54, 1.807) is 31.4 Å². The predicted molar refractivity (Wildman–Crippen MR) is 106 cm³/mol. The summed E-state index contributed by atoms with van der Waals surface area (Å²) in [6.45, 7) is 4.04. The monoisotopic (exact) mass is 369 g/mol. The van der Waals surface area contributed by atoms with Gasteiger partial charge in [0.1, 0.15) is 11.5 Å². The molecule has 2 aromatic rings. The number of phenolic OH excluding ortho intramolecular Hbond substituents is 1. The van der Waals surface area contributed by atoms with Crippen LogP contribution >= 0.6 is 0 Å². The van der Waals surface area contributed by atoms with Gasteiger partial charge >= 0.3 is 5.69 Å². The molecule has 0 unspecified atom stereocenters. The molecule has 1 N–H and O–H groups in total. The number of phenols is 1. The molecule has 6 nitrogen and oxygen atoms in total. The quantitative estimate of drug-likeness (QED) is 0.321. The van der Waals surface area contributed by atoms with Crippen LogP contribution in [0.5, 0.6) is 17.2 Å². The largest absolute Gasteiger partial charge is 0.508 e. The van der Waals surface area contributed by atoms with Crippen LogP contribution in [0.4, 0.5) is 5.69 Å². The van der Waals surface area contributed by atoms with Crippen LogP contribution in [-0.4, -0.2) is 24.2 Å². The van der Waals surface area contributed by atoms with E-state index in [1.165, 1.54) is 18.7 Å². The Balaban J connectivity index is 2.45. The molecule has 0 radical (unpaired) electrons. The summed E-state index contributed by atoms with van der Waals surface area (Å²) in [6.07, 6.45) is 6.40. The van der Waals surface area contributed by atoms with Crippen LogP contribution in [0.25, 0.3) is 12.2 Å². The molecule has 0 saturated heterocycles. The Morgan fingerprint density at radius 1 is 1.11 bits per heavy atom. The molecule has 0 aliphatic rings. The lowest BCUT2D eigenvalue weighted by atomic mass is 10.00. The van der Waals surface area contributed by atoms with Crippen LogP contribution in [0.1, 0.15) is 30.5 Å². The van der Waals surface area contributed by atoms with E-state index >= 15 is 0 Å². The molecule has 0 aliphatic heterocycles. The zero-order valence-corrected chi connectivity index (χ0v) is 15.9. The molecule has 2 rings (SSSR count). The molecule has 0 atom stereocenters. The third-order valence-electron chi connectivity index (χ3n) is 4.02. The maximum absolute atomic E-state index is 11.0. The summed E-state index contributed by atoms with van der Waals surface area (Å²) in [5.74, 6) is 0.905. The van der Waals surface area contributed by atoms with Gasteiger partial charge in [-0.1, -0.05) is 23.8 Å². The number of ether oxygens (including phenoxy) is 2. The fourth-order valence-electron chi connectivity index (χ4n) is 2.64. The molecule has 2 aromatic carbocycles. The Labute approximate surface area is 158 Å². The first-order valence-corrected chi connectivity index (χ1v) is 8.39. The highest BCUT2D eigenvalue weighted by Crippen LogP contribution is 2.32. The van der Waals surface area contributed by atoms with E-state index < -0.39 is 4.92 Å². The fourth-order valence-corrected chi connectivity index (χ4v) is 2.64. The van der Waals surface area contributed by atoms with Gasteiger partial charge in [0.15, 0.2) is 5.75 Å². The molecule has 0 fully saturated rings. The van der Waals surface area contributed by atoms with Crippen LogP contribution in [0.15, 0.2) is 42.0 Å². The van der Waals surface area contributed by atoms with E-state index in [9.17, 15) is 15.2 Å². The van der Waals surface area contributed by atoms with E-state index in [2.05, 4.69) is 6.08 Å². The van der Waals surface area contributed by atoms with Crippen molar-refractivity contribution < 1.29 is 19.5 Å². The van der Waals surface area contributed by atoms with E-state index in [0.29, 0.717) is 12.2 Å². The van der Waals surface area contributed by atoms with Crippen molar-refractivity contribution in [1.82, 2.24) is 0 Å². The minimum Gasteiger partial charge on any atom is -0.508 e. The third-order valence-corrected chi connectivity index (χ3v) is 4.02. The van der Waals surface area contributed by atoms with Crippen LogP contribution in [-0.2, 0) is 6.42 Å². The molecular weight excluding hydrogens is 346 g/mol. The summed E-state index contributed by atoms with van der Waals surface area (Å²) in [6, 6.07) is 7.90. The van der Waals surface area contributed by atoms with Gasteiger partial charge in [-0.15, -0.1) is 0 Å². The van der Waals surface area contributed by atoms with E-state index in [4.69, 9.17) is 9.47 Å². The highest BCUT2D eigenvalue weighted by molar-refractivity contribution is 5.74. The molecule has 0 amide bonds. The molecule has 0 heterocycles. The summed E-state index contributed by atoms with van der Waals surface area (Å²) in [7, 11) is 2.96. The first-order chi connectivity index (χ1) is 12.8. The highest BCUT2D eigenvalue weighted by atomic mass is 16.6. The van der Waals surface area contributed by atoms with Gasteiger partial charge < -0.3 is 14.6 Å². The average molecular weight is 369 g/mol. The maximum atomic E-state index is 11.0. The van der Waals surface area contributed by atoms with Crippen molar-refractivity contribution in [2.24, 2.45) is 0 Å². The van der Waals surface area contributed by atoms with Crippen LogP contribution < -0.4 is 9.47 Å². The van der Waals surface area contributed by atoms with Crippen LogP contribution in [0.3, 0.4) is 0 Å². The number of benzene rings is 2. The lowest BCUT2D eigenvalue weighted by molar-refractivity contribution is -0.385. The lowest BCUT2D eigenvalue weighted by Crippen LogP contribution is -1.95. The van der Waals surface area contributed by atoms with Gasteiger partial charge in [0.25, 0.3) is 0 Å². The van der Waals surface area contributed by atoms with Crippen molar-refractivity contribution in [2.45, 2.75) is 20.3 Å². The molecule has 6 heteroatoms. The number of nitro groups is 1. The van der Waals surface area contributed by atoms with Crippen molar-refractivity contribution in [3.8, 4) is 17.2 Å². The average Bonchev–Trinajstić information content (AvgIpc) is 2.64. The fraction of sp³-hybridized carbons (Fsp3) is 0.238. The highest BCUT2D eigenvalue weighted by Gasteiger charge is 2.14. The molecule has 0 spiro atoms. The zero-order chi connectivity index (χ0) is 20.0. The molecule has 142 valence electrons. The molecule has 0 bridgehead atoms. The van der Waals surface area contributed by atoms with Gasteiger partial charge in [0.2, 0.25) is 0 Å². The summed E-state index contributed by atoms with van der Waals surface area (Å²) in [5, 5.41) is 21.0. The van der Waals surface area contributed by atoms with Gasteiger partial charge in [-0.2, -0.15) is 0 Å². The number of aromatic hydroxyl groups is 1. The normalized spacial score (nSPS) is 10.7. The van der Waals surface area contributed by atoms with Gasteiger partial charge in [-0.05, 0) is 49.6 Å². The van der Waals surface area contributed by atoms with Crippen molar-refractivity contribution in [3.05, 3.63) is 68.8 Å². The second kappa shape index (κ2) is 8.89. The summed E-state index contributed by atoms with van der Waals surface area (Å²) < 4.78 is 10.5. The van der Waals surface area contributed by atoms with Crippen molar-refractivity contribution in [1.29, 1.82) is 0 Å². The Hall–Kier alpha value is -3.28. The Kier molecular flexibility index (Phi) is 6.60. The minimum atomic E-state index is -0.482. The first kappa shape index (κ1) is 20.0. The smallest absolute Gasteiger partial charge is 0.310 e. The number of methoxy groups -OCH3 is 2. The van der Waals surface area contributed by atoms with Crippen molar-refractivity contribution in [2.75, 3.05) is 14.2 Å². The van der Waals surface area contributed by atoms with E-state index in [1.807, 2.05) is 26.0 Å². The summed E-state index contributed by atoms with van der Waals surface area (Å²) in [5.41, 5.74) is 3.59. The van der Waals surface area contributed by atoms with Gasteiger partial charge in [-0.25, -0.2) is 0 Å². The zero-order valence-electron chi connectivity index (χ0n) is 15.9. The number of nitro benzene ring substituents is 1. The van der Waals surface area contributed by atoms with Gasteiger partial charge in [0, 0.05) is 17.7 Å². The predicted octanol–water partition coefficient (Wildman–Crippen LogP) is 5.00. The number of hydrogen-bond donors (Lipinski definition) is 1. The second-order valence-electron chi connectivity index (χ2n) is 6.22. The number of nitrogens with zero attached hydrogens (tertiary/aromatic N) is 1. The standard InChI is InChI=1S/C21H23NO5/c1-14(2)5-9-18-16(12-17(23)13-20(18)26-3)8-6-15-7-10-19(22(24)25)21(11-15)27-4/h5-8,10-13,23H,9H2,1-4H3/b8-6+. The minimum absolute atomic E-state index is 0.0853. The van der Waals surface area contributed by atoms with Crippen LogP contribution in [0.2, 0.25) is 0 Å². The number of rotatable bonds is 7. The molecule has 0 aromatic heterocycles. The summed E-state index contributed by atoms with van der Waals surface area (Å²) in [4.78, 5) is 10.5. The number of allylic oxidation sites excluding steroid dienone is 2. The Morgan fingerprint density at radius 3 is 2.41 bits per heavy atom. The van der Waals surface area contributed by atoms with E-state index in [0.717, 1.165) is 16.7 Å². The van der Waals surface area contributed by atoms with Crippen molar-refractivity contribution in [3.63, 3.8) is 0 Å². The molecule has 0 aliphatic carbocycles. The number of hydrogen-bond acceptors (Lipinski definition) is 5. The molecule has 27 heavy (non-hydrogen) atoms. The van der Waals surface area contributed by atoms with Gasteiger partial charge in [0.05, 0.1) is 19.1 Å². The first-order valence-electron chi connectivity index (χ1n) is 8.39. The second-order valence-corrected chi connectivity index (χ2v) is 6.22. The summed E-state index contributed by atoms with van der Waals surface area (Å²) >= 11 is 0. The lowest BCUT2D eigenvalue weighted by Gasteiger charge is -2.12. The van der Waals surface area contributed by atoms with Crippen LogP contribution in [0, 0.1) is 10.1 Å². The SMILES string of the molecule is COc1cc(/C=C/c2cc(O)cc(OC)c2CC=C(C)C)ccc1[N+](=O)[O-]. The maximum Gasteiger partial charge on any atom is 0.310 e. The van der Waals surface area contributed by atoms with Gasteiger partial charge in [-0.3, -0.25) is 10.1 Å². The topological polar surface area (TPSA) is 81.8 Å². The molecule has 0 saturated carbocycles. The Morgan fingerprint density at radius 2 is 1.81 bits per heavy atom. The Bertz CT molecular complexity index is 896. The molecular formula is C21H23NO5. The van der Waals surface area contributed by atoms with Crippen molar-refractivity contribution >= 4 is 17.8 Å². The third kappa shape index (κ3) is 5.10. The van der Waals surface area contributed by atoms with E-state index in [-0.39, 0.29) is 17.2 Å².